The lowest BCUT2D eigenvalue weighted by Gasteiger charge is -2.35. The second kappa shape index (κ2) is 6.26. The monoisotopic (exact) mass is 327 g/mol. The van der Waals surface area contributed by atoms with Crippen LogP contribution in [0.5, 0.6) is 5.75 Å². The van der Waals surface area contributed by atoms with Gasteiger partial charge in [-0.2, -0.15) is 4.98 Å². The van der Waals surface area contributed by atoms with Crippen molar-refractivity contribution in [1.82, 2.24) is 15.0 Å². The van der Waals surface area contributed by atoms with E-state index < -0.39 is 0 Å². The minimum absolute atomic E-state index is 0.110. The maximum Gasteiger partial charge on any atom is 0.230 e. The molecule has 2 aliphatic heterocycles. The molecule has 6 nitrogen and oxygen atoms in total. The van der Waals surface area contributed by atoms with Gasteiger partial charge in [-0.05, 0) is 25.3 Å². The number of rotatable bonds is 2. The van der Waals surface area contributed by atoms with Crippen molar-refractivity contribution in [3.8, 4) is 5.75 Å². The van der Waals surface area contributed by atoms with Gasteiger partial charge in [-0.25, -0.2) is 0 Å². The van der Waals surface area contributed by atoms with Crippen LogP contribution in [0.4, 0.5) is 0 Å². The molecule has 0 unspecified atom stereocenters. The Morgan fingerprint density at radius 2 is 2.17 bits per heavy atom. The van der Waals surface area contributed by atoms with Crippen LogP contribution in [0, 0.1) is 6.92 Å². The predicted molar refractivity (Wildman–Crippen MR) is 86.9 cm³/mol. The Morgan fingerprint density at radius 1 is 1.29 bits per heavy atom. The van der Waals surface area contributed by atoms with Gasteiger partial charge < -0.3 is 14.2 Å². The fraction of sp³-hybridized carbons (Fsp3) is 0.500. The average Bonchev–Trinajstić information content (AvgIpc) is 3.07. The Morgan fingerprint density at radius 3 is 3.00 bits per heavy atom. The van der Waals surface area contributed by atoms with E-state index >= 15 is 0 Å². The molecule has 0 N–H and O–H groups in total. The zero-order chi connectivity index (χ0) is 16.5. The van der Waals surface area contributed by atoms with E-state index in [1.807, 2.05) is 29.2 Å². The number of carbonyl (C=O) groups is 1. The summed E-state index contributed by atoms with van der Waals surface area (Å²) in [6.07, 6.45) is 2.69. The van der Waals surface area contributed by atoms with Gasteiger partial charge in [-0.15, -0.1) is 0 Å². The number of nitrogens with zero attached hydrogens (tertiary/aromatic N) is 3. The minimum atomic E-state index is -0.110. The first-order chi connectivity index (χ1) is 11.7. The molecule has 2 atom stereocenters. The lowest BCUT2D eigenvalue weighted by Crippen LogP contribution is -2.42. The average molecular weight is 327 g/mol. The van der Waals surface area contributed by atoms with Gasteiger partial charge in [0.15, 0.2) is 5.82 Å². The van der Waals surface area contributed by atoms with Crippen LogP contribution in [0.2, 0.25) is 0 Å². The van der Waals surface area contributed by atoms with Crippen molar-refractivity contribution < 1.29 is 14.1 Å². The molecule has 1 amide bonds. The van der Waals surface area contributed by atoms with E-state index in [9.17, 15) is 4.79 Å². The maximum atomic E-state index is 13.1. The zero-order valence-electron chi connectivity index (χ0n) is 13.8. The number of benzene rings is 1. The molecule has 2 aromatic rings. The lowest BCUT2D eigenvalue weighted by atomic mass is 9.90. The number of piperidine rings is 1. The number of aryl methyl sites for hydroxylation is 1. The quantitative estimate of drug-likeness (QED) is 0.848. The Hall–Kier alpha value is -2.37. The van der Waals surface area contributed by atoms with Crippen LogP contribution in [0.15, 0.2) is 28.8 Å². The number of likely N-dealkylation sites (tertiary alicyclic amines) is 1. The van der Waals surface area contributed by atoms with Crippen molar-refractivity contribution in [2.24, 2.45) is 0 Å². The molecule has 1 aromatic heterocycles. The summed E-state index contributed by atoms with van der Waals surface area (Å²) in [7, 11) is 0. The van der Waals surface area contributed by atoms with Gasteiger partial charge in [0.25, 0.3) is 0 Å². The molecule has 2 aliphatic rings. The highest BCUT2D eigenvalue weighted by Gasteiger charge is 2.34. The summed E-state index contributed by atoms with van der Waals surface area (Å²) < 4.78 is 10.8. The Bertz CT molecular complexity index is 743. The van der Waals surface area contributed by atoms with Crippen LogP contribution in [-0.2, 0) is 4.79 Å². The lowest BCUT2D eigenvalue weighted by molar-refractivity contribution is -0.134. The largest absolute Gasteiger partial charge is 0.493 e. The van der Waals surface area contributed by atoms with E-state index in [-0.39, 0.29) is 17.7 Å². The number of para-hydroxylation sites is 1. The first-order valence-corrected chi connectivity index (χ1v) is 8.53. The van der Waals surface area contributed by atoms with Gasteiger partial charge in [0.2, 0.25) is 11.8 Å². The van der Waals surface area contributed by atoms with Gasteiger partial charge in [0.1, 0.15) is 5.75 Å². The molecule has 0 saturated carbocycles. The number of aromatic nitrogens is 2. The topological polar surface area (TPSA) is 68.5 Å². The summed E-state index contributed by atoms with van der Waals surface area (Å²) in [4.78, 5) is 19.4. The van der Waals surface area contributed by atoms with Crippen LogP contribution in [0.3, 0.4) is 0 Å². The molecule has 0 radical (unpaired) electrons. The van der Waals surface area contributed by atoms with Gasteiger partial charge in [0.05, 0.1) is 12.5 Å². The summed E-state index contributed by atoms with van der Waals surface area (Å²) >= 11 is 0. The van der Waals surface area contributed by atoms with Crippen molar-refractivity contribution in [3.63, 3.8) is 0 Å². The Labute approximate surface area is 140 Å². The third kappa shape index (κ3) is 2.77. The Balaban J connectivity index is 1.52. The minimum Gasteiger partial charge on any atom is -0.493 e. The highest BCUT2D eigenvalue weighted by molar-refractivity contribution is 5.85. The van der Waals surface area contributed by atoms with Crippen LogP contribution in [0.25, 0.3) is 0 Å². The molecule has 0 aliphatic carbocycles. The molecule has 0 spiro atoms. The van der Waals surface area contributed by atoms with Gasteiger partial charge >= 0.3 is 0 Å². The first kappa shape index (κ1) is 15.2. The molecule has 1 saturated heterocycles. The summed E-state index contributed by atoms with van der Waals surface area (Å²) in [5.74, 6) is 2.38. The number of amides is 1. The number of hydrogen-bond donors (Lipinski definition) is 0. The molecule has 4 rings (SSSR count). The third-order valence-corrected chi connectivity index (χ3v) is 4.90. The van der Waals surface area contributed by atoms with Crippen LogP contribution in [-0.4, -0.2) is 40.6 Å². The van der Waals surface area contributed by atoms with Crippen molar-refractivity contribution >= 4 is 5.91 Å². The van der Waals surface area contributed by atoms with E-state index in [2.05, 4.69) is 10.1 Å². The second-order valence-corrected chi connectivity index (χ2v) is 6.52. The summed E-state index contributed by atoms with van der Waals surface area (Å²) in [6.45, 7) is 3.85. The molecule has 24 heavy (non-hydrogen) atoms. The fourth-order valence-electron chi connectivity index (χ4n) is 3.69. The summed E-state index contributed by atoms with van der Waals surface area (Å²) in [5.41, 5.74) is 1.01. The van der Waals surface area contributed by atoms with Crippen molar-refractivity contribution in [2.75, 3.05) is 19.7 Å². The zero-order valence-corrected chi connectivity index (χ0v) is 13.8. The predicted octanol–water partition coefficient (Wildman–Crippen LogP) is 2.65. The highest BCUT2D eigenvalue weighted by Crippen LogP contribution is 2.36. The van der Waals surface area contributed by atoms with Gasteiger partial charge in [0, 0.05) is 31.5 Å². The molecule has 126 valence electrons. The van der Waals surface area contributed by atoms with Crippen LogP contribution >= 0.6 is 0 Å². The van der Waals surface area contributed by atoms with E-state index in [4.69, 9.17) is 9.26 Å². The normalized spacial score (nSPS) is 23.5. The third-order valence-electron chi connectivity index (χ3n) is 4.90. The smallest absolute Gasteiger partial charge is 0.230 e. The van der Waals surface area contributed by atoms with Gasteiger partial charge in [-0.3, -0.25) is 4.79 Å². The molecule has 1 fully saturated rings. The summed E-state index contributed by atoms with van der Waals surface area (Å²) in [5, 5.41) is 4.04. The fourth-order valence-corrected chi connectivity index (χ4v) is 3.69. The van der Waals surface area contributed by atoms with Crippen LogP contribution < -0.4 is 4.74 Å². The molecular formula is C18H21N3O3. The maximum absolute atomic E-state index is 13.1. The van der Waals surface area contributed by atoms with E-state index in [1.165, 1.54) is 0 Å². The number of ether oxygens (including phenoxy) is 1. The second-order valence-electron chi connectivity index (χ2n) is 6.52. The first-order valence-electron chi connectivity index (χ1n) is 8.53. The molecule has 3 heterocycles. The highest BCUT2D eigenvalue weighted by atomic mass is 16.5. The van der Waals surface area contributed by atoms with Crippen molar-refractivity contribution in [2.45, 2.75) is 38.0 Å². The SMILES string of the molecule is Cc1nc([C@@H]2CCCN(C(=O)[C@@H]3CCOc4ccccc43)C2)no1. The van der Waals surface area contributed by atoms with Crippen molar-refractivity contribution in [1.29, 1.82) is 0 Å². The molecule has 6 heteroatoms. The molecular weight excluding hydrogens is 306 g/mol. The van der Waals surface area contributed by atoms with E-state index in [0.717, 1.165) is 42.9 Å². The van der Waals surface area contributed by atoms with E-state index in [1.54, 1.807) is 6.92 Å². The Kier molecular flexibility index (Phi) is 3.96. The van der Waals surface area contributed by atoms with Crippen molar-refractivity contribution in [3.05, 3.63) is 41.5 Å². The van der Waals surface area contributed by atoms with E-state index in [0.29, 0.717) is 19.0 Å². The molecule has 0 bridgehead atoms. The van der Waals surface area contributed by atoms with Gasteiger partial charge in [-0.1, -0.05) is 23.4 Å². The molecule has 1 aromatic carbocycles. The number of hydrogen-bond acceptors (Lipinski definition) is 5. The standard InChI is InChI=1S/C18H21N3O3/c1-12-19-17(20-24-12)13-5-4-9-21(11-13)18(22)15-8-10-23-16-7-3-2-6-14(15)16/h2-3,6-7,13,15H,4-5,8-11H2,1H3/t13-,15-/m1/s1. The number of carbonyl (C=O) groups excluding carboxylic acids is 1. The summed E-state index contributed by atoms with van der Waals surface area (Å²) in [6, 6.07) is 7.85. The van der Waals surface area contributed by atoms with Crippen LogP contribution in [0.1, 0.15) is 48.4 Å². The number of fused-ring (bicyclic) bond motifs is 1.